The average molecular weight is 291 g/mol. The first-order chi connectivity index (χ1) is 10.1. The second kappa shape index (κ2) is 7.43. The summed E-state index contributed by atoms with van der Waals surface area (Å²) >= 11 is 0. The summed E-state index contributed by atoms with van der Waals surface area (Å²) in [5.41, 5.74) is 1.84. The Morgan fingerprint density at radius 2 is 2.00 bits per heavy atom. The molecule has 0 radical (unpaired) electrons. The molecule has 0 bridgehead atoms. The molecule has 1 aromatic carbocycles. The molecule has 0 atom stereocenters. The van der Waals surface area contributed by atoms with Gasteiger partial charge in [0.05, 0.1) is 13.2 Å². The molecular weight excluding hydrogens is 266 g/mol. The molecule has 0 saturated heterocycles. The van der Waals surface area contributed by atoms with Gasteiger partial charge in [-0.2, -0.15) is 0 Å². The number of hydrogen-bond donors (Lipinski definition) is 2. The Bertz CT molecular complexity index is 457. The first kappa shape index (κ1) is 15.8. The molecule has 0 aromatic heterocycles. The standard InChI is InChI=1S/C16H25N3O2/c1-3-19(15-8-9-15)12-16(21)17-13-4-6-14(7-5-13)18(2)10-11-20/h4-7,15,20H,3,8-12H2,1-2H3,(H,17,21). The van der Waals surface area contributed by atoms with Crippen LogP contribution in [0.5, 0.6) is 0 Å². The van der Waals surface area contributed by atoms with E-state index in [2.05, 4.69) is 17.1 Å². The maximum Gasteiger partial charge on any atom is 0.238 e. The third-order valence-electron chi connectivity index (χ3n) is 3.84. The van der Waals surface area contributed by atoms with Crippen LogP contribution < -0.4 is 10.2 Å². The van der Waals surface area contributed by atoms with Crippen LogP contribution in [0.2, 0.25) is 0 Å². The Morgan fingerprint density at radius 1 is 1.33 bits per heavy atom. The number of carbonyl (C=O) groups excluding carboxylic acids is 1. The lowest BCUT2D eigenvalue weighted by molar-refractivity contribution is -0.117. The number of nitrogens with zero attached hydrogens (tertiary/aromatic N) is 2. The molecule has 0 heterocycles. The van der Waals surface area contributed by atoms with Gasteiger partial charge in [-0.15, -0.1) is 0 Å². The third-order valence-corrected chi connectivity index (χ3v) is 3.84. The van der Waals surface area contributed by atoms with Crippen molar-refractivity contribution >= 4 is 17.3 Å². The molecule has 1 saturated carbocycles. The SMILES string of the molecule is CCN(CC(=O)Nc1ccc(N(C)CCO)cc1)C1CC1. The van der Waals surface area contributed by atoms with Gasteiger partial charge in [0.25, 0.3) is 0 Å². The monoisotopic (exact) mass is 291 g/mol. The molecule has 5 heteroatoms. The molecule has 1 aromatic rings. The van der Waals surface area contributed by atoms with E-state index in [4.69, 9.17) is 5.11 Å². The Balaban J connectivity index is 1.85. The van der Waals surface area contributed by atoms with Crippen LogP contribution in [0, 0.1) is 0 Å². The fourth-order valence-electron chi connectivity index (χ4n) is 2.40. The Kier molecular flexibility index (Phi) is 5.59. The van der Waals surface area contributed by atoms with E-state index in [0.29, 0.717) is 19.1 Å². The van der Waals surface area contributed by atoms with Crippen molar-refractivity contribution in [3.63, 3.8) is 0 Å². The lowest BCUT2D eigenvalue weighted by atomic mass is 10.2. The van der Waals surface area contributed by atoms with Crippen molar-refractivity contribution in [1.82, 2.24) is 4.90 Å². The van der Waals surface area contributed by atoms with Gasteiger partial charge in [-0.3, -0.25) is 9.69 Å². The highest BCUT2D eigenvalue weighted by atomic mass is 16.3. The van der Waals surface area contributed by atoms with E-state index in [1.54, 1.807) is 0 Å². The molecule has 2 N–H and O–H groups in total. The molecule has 116 valence electrons. The number of aliphatic hydroxyl groups excluding tert-OH is 1. The normalized spacial score (nSPS) is 14.3. The average Bonchev–Trinajstić information content (AvgIpc) is 3.30. The van der Waals surface area contributed by atoms with Gasteiger partial charge in [-0.1, -0.05) is 6.92 Å². The zero-order chi connectivity index (χ0) is 15.2. The van der Waals surface area contributed by atoms with E-state index in [9.17, 15) is 4.79 Å². The molecule has 1 fully saturated rings. The summed E-state index contributed by atoms with van der Waals surface area (Å²) in [4.78, 5) is 16.2. The fourth-order valence-corrected chi connectivity index (χ4v) is 2.40. The summed E-state index contributed by atoms with van der Waals surface area (Å²) in [6, 6.07) is 8.30. The molecule has 0 unspecified atom stereocenters. The van der Waals surface area contributed by atoms with Crippen LogP contribution in [0.1, 0.15) is 19.8 Å². The third kappa shape index (κ3) is 4.72. The summed E-state index contributed by atoms with van der Waals surface area (Å²) in [6.45, 7) is 4.20. The van der Waals surface area contributed by atoms with E-state index in [-0.39, 0.29) is 12.5 Å². The van der Waals surface area contributed by atoms with Gasteiger partial charge in [-0.05, 0) is 43.7 Å². The maximum absolute atomic E-state index is 12.0. The largest absolute Gasteiger partial charge is 0.395 e. The van der Waals surface area contributed by atoms with Gasteiger partial charge >= 0.3 is 0 Å². The predicted octanol–water partition coefficient (Wildman–Crippen LogP) is 1.54. The maximum atomic E-state index is 12.0. The van der Waals surface area contributed by atoms with Gasteiger partial charge in [0, 0.05) is 31.0 Å². The zero-order valence-electron chi connectivity index (χ0n) is 12.9. The molecule has 1 aliphatic rings. The number of carbonyl (C=O) groups is 1. The van der Waals surface area contributed by atoms with Crippen molar-refractivity contribution < 1.29 is 9.90 Å². The first-order valence-corrected chi connectivity index (χ1v) is 7.60. The van der Waals surface area contributed by atoms with Crippen LogP contribution in [0.15, 0.2) is 24.3 Å². The lowest BCUT2D eigenvalue weighted by Gasteiger charge is -2.20. The summed E-state index contributed by atoms with van der Waals surface area (Å²) in [7, 11) is 1.93. The lowest BCUT2D eigenvalue weighted by Crippen LogP contribution is -2.34. The molecule has 21 heavy (non-hydrogen) atoms. The molecule has 1 aliphatic carbocycles. The molecule has 0 spiro atoms. The van der Waals surface area contributed by atoms with Crippen molar-refractivity contribution in [2.45, 2.75) is 25.8 Å². The quantitative estimate of drug-likeness (QED) is 0.763. The molecule has 5 nitrogen and oxygen atoms in total. The highest BCUT2D eigenvalue weighted by Crippen LogP contribution is 2.26. The highest BCUT2D eigenvalue weighted by molar-refractivity contribution is 5.92. The van der Waals surface area contributed by atoms with Crippen LogP contribution in [0.3, 0.4) is 0 Å². The van der Waals surface area contributed by atoms with Gasteiger partial charge in [0.15, 0.2) is 0 Å². The molecule has 1 amide bonds. The first-order valence-electron chi connectivity index (χ1n) is 7.60. The van der Waals surface area contributed by atoms with Crippen LogP contribution in [-0.4, -0.2) is 55.2 Å². The number of likely N-dealkylation sites (N-methyl/N-ethyl adjacent to an activating group) is 2. The minimum Gasteiger partial charge on any atom is -0.395 e. The number of aliphatic hydroxyl groups is 1. The van der Waals surface area contributed by atoms with Crippen LogP contribution in [0.4, 0.5) is 11.4 Å². The smallest absolute Gasteiger partial charge is 0.238 e. The van der Waals surface area contributed by atoms with Crippen molar-refractivity contribution in [3.05, 3.63) is 24.3 Å². The van der Waals surface area contributed by atoms with E-state index in [0.717, 1.165) is 17.9 Å². The number of benzene rings is 1. The number of anilines is 2. The molecule has 2 rings (SSSR count). The minimum atomic E-state index is 0.0419. The molecular formula is C16H25N3O2. The summed E-state index contributed by atoms with van der Waals surface area (Å²) < 4.78 is 0. The van der Waals surface area contributed by atoms with Crippen LogP contribution in [-0.2, 0) is 4.79 Å². The molecule has 0 aliphatic heterocycles. The Morgan fingerprint density at radius 3 is 2.52 bits per heavy atom. The minimum absolute atomic E-state index is 0.0419. The number of rotatable bonds is 8. The van der Waals surface area contributed by atoms with Crippen molar-refractivity contribution in [2.75, 3.05) is 43.5 Å². The topological polar surface area (TPSA) is 55.8 Å². The van der Waals surface area contributed by atoms with E-state index in [1.807, 2.05) is 36.2 Å². The van der Waals surface area contributed by atoms with E-state index in [1.165, 1.54) is 12.8 Å². The Hall–Kier alpha value is -1.59. The second-order valence-corrected chi connectivity index (χ2v) is 5.53. The van der Waals surface area contributed by atoms with Crippen LogP contribution >= 0.6 is 0 Å². The fraction of sp³-hybridized carbons (Fsp3) is 0.562. The summed E-state index contributed by atoms with van der Waals surface area (Å²) in [6.07, 6.45) is 2.43. The summed E-state index contributed by atoms with van der Waals surface area (Å²) in [5, 5.41) is 11.9. The highest BCUT2D eigenvalue weighted by Gasteiger charge is 2.28. The Labute approximate surface area is 126 Å². The van der Waals surface area contributed by atoms with Gasteiger partial charge in [-0.25, -0.2) is 0 Å². The van der Waals surface area contributed by atoms with Gasteiger partial charge in [0.1, 0.15) is 0 Å². The van der Waals surface area contributed by atoms with Crippen molar-refractivity contribution in [1.29, 1.82) is 0 Å². The van der Waals surface area contributed by atoms with E-state index < -0.39 is 0 Å². The van der Waals surface area contributed by atoms with Gasteiger partial charge < -0.3 is 15.3 Å². The second-order valence-electron chi connectivity index (χ2n) is 5.53. The van der Waals surface area contributed by atoms with Gasteiger partial charge in [0.2, 0.25) is 5.91 Å². The predicted molar refractivity (Wildman–Crippen MR) is 85.7 cm³/mol. The van der Waals surface area contributed by atoms with E-state index >= 15 is 0 Å². The number of hydrogen-bond acceptors (Lipinski definition) is 4. The number of nitrogens with one attached hydrogen (secondary N) is 1. The number of amides is 1. The van der Waals surface area contributed by atoms with Crippen molar-refractivity contribution in [3.8, 4) is 0 Å². The van der Waals surface area contributed by atoms with Crippen molar-refractivity contribution in [2.24, 2.45) is 0 Å². The zero-order valence-corrected chi connectivity index (χ0v) is 12.9. The summed E-state index contributed by atoms with van der Waals surface area (Å²) in [5.74, 6) is 0.0419. The van der Waals surface area contributed by atoms with Crippen LogP contribution in [0.25, 0.3) is 0 Å².